The van der Waals surface area contributed by atoms with Gasteiger partial charge in [-0.2, -0.15) is 10.5 Å². The minimum absolute atomic E-state index is 0.0572. The molecule has 6 nitrogen and oxygen atoms in total. The van der Waals surface area contributed by atoms with Gasteiger partial charge in [-0.3, -0.25) is 4.79 Å². The summed E-state index contributed by atoms with van der Waals surface area (Å²) >= 11 is 0. The number of rotatable bonds is 5. The number of likely N-dealkylation sites (tertiary alicyclic amines) is 1. The summed E-state index contributed by atoms with van der Waals surface area (Å²) in [4.78, 5) is 19.2. The number of amides is 1. The fraction of sp³-hybridized carbons (Fsp3) is 0.308. The minimum Gasteiger partial charge on any atom is -0.337 e. The van der Waals surface area contributed by atoms with Crippen LogP contribution in [-0.2, 0) is 13.0 Å². The van der Waals surface area contributed by atoms with Crippen molar-refractivity contribution in [3.8, 4) is 12.1 Å². The first-order valence-electron chi connectivity index (χ1n) is 10.8. The van der Waals surface area contributed by atoms with E-state index in [0.29, 0.717) is 50.2 Å². The molecule has 0 saturated carbocycles. The van der Waals surface area contributed by atoms with Crippen LogP contribution >= 0.6 is 0 Å². The molecule has 0 bridgehead atoms. The number of nitriles is 2. The lowest BCUT2D eigenvalue weighted by molar-refractivity contribution is 0.0637. The Bertz CT molecular complexity index is 1190. The maximum Gasteiger partial charge on any atom is 0.272 e. The predicted molar refractivity (Wildman–Crippen MR) is 121 cm³/mol. The largest absolute Gasteiger partial charge is 0.337 e. The van der Waals surface area contributed by atoms with Crippen molar-refractivity contribution in [1.82, 2.24) is 14.5 Å². The van der Waals surface area contributed by atoms with Crippen LogP contribution in [-0.4, -0.2) is 33.4 Å². The molecule has 160 valence electrons. The van der Waals surface area contributed by atoms with Gasteiger partial charge < -0.3 is 9.47 Å². The highest BCUT2D eigenvalue weighted by Gasteiger charge is 2.37. The smallest absolute Gasteiger partial charge is 0.272 e. The number of nitrogens with zero attached hydrogens (tertiary/aromatic N) is 5. The molecule has 1 fully saturated rings. The van der Waals surface area contributed by atoms with E-state index < -0.39 is 5.41 Å². The summed E-state index contributed by atoms with van der Waals surface area (Å²) in [5.74, 6) is -0.0572. The topological polar surface area (TPSA) is 85.7 Å². The molecule has 0 radical (unpaired) electrons. The maximum absolute atomic E-state index is 13.2. The van der Waals surface area contributed by atoms with Crippen LogP contribution in [0.3, 0.4) is 0 Å². The Hall–Kier alpha value is -3.90. The Morgan fingerprint density at radius 2 is 1.84 bits per heavy atom. The zero-order valence-electron chi connectivity index (χ0n) is 18.2. The van der Waals surface area contributed by atoms with Gasteiger partial charge >= 0.3 is 0 Å². The summed E-state index contributed by atoms with van der Waals surface area (Å²) in [5, 5.41) is 18.9. The van der Waals surface area contributed by atoms with Crippen molar-refractivity contribution in [2.45, 2.75) is 32.7 Å². The van der Waals surface area contributed by atoms with E-state index in [1.54, 1.807) is 24.7 Å². The van der Waals surface area contributed by atoms with Gasteiger partial charge in [-0.05, 0) is 49.4 Å². The number of piperidine rings is 1. The highest BCUT2D eigenvalue weighted by atomic mass is 16.2. The fourth-order valence-corrected chi connectivity index (χ4v) is 4.35. The van der Waals surface area contributed by atoms with E-state index >= 15 is 0 Å². The number of carbonyl (C=O) groups excluding carboxylic acids is 1. The van der Waals surface area contributed by atoms with Gasteiger partial charge in [0.05, 0.1) is 35.6 Å². The average Bonchev–Trinajstić information content (AvgIpc) is 3.27. The van der Waals surface area contributed by atoms with Crippen LogP contribution in [0.4, 0.5) is 0 Å². The molecule has 1 amide bonds. The predicted octanol–water partition coefficient (Wildman–Crippen LogP) is 4.10. The Balaban J connectivity index is 1.43. The van der Waals surface area contributed by atoms with E-state index in [1.165, 1.54) is 11.1 Å². The lowest BCUT2D eigenvalue weighted by atomic mass is 9.75. The van der Waals surface area contributed by atoms with Crippen LogP contribution in [0.25, 0.3) is 0 Å². The third-order valence-corrected chi connectivity index (χ3v) is 6.24. The van der Waals surface area contributed by atoms with Crippen molar-refractivity contribution >= 4 is 5.91 Å². The second-order valence-electron chi connectivity index (χ2n) is 8.57. The summed E-state index contributed by atoms with van der Waals surface area (Å²) in [6.07, 6.45) is 5.29. The average molecular weight is 424 g/mol. The van der Waals surface area contributed by atoms with Crippen LogP contribution < -0.4 is 0 Å². The van der Waals surface area contributed by atoms with Crippen molar-refractivity contribution < 1.29 is 4.79 Å². The van der Waals surface area contributed by atoms with E-state index in [-0.39, 0.29) is 5.91 Å². The normalized spacial score (nSPS) is 15.0. The molecule has 0 N–H and O–H groups in total. The van der Waals surface area contributed by atoms with E-state index in [2.05, 4.69) is 42.2 Å². The molecule has 3 aromatic rings. The van der Waals surface area contributed by atoms with Gasteiger partial charge in [-0.15, -0.1) is 0 Å². The first-order valence-corrected chi connectivity index (χ1v) is 10.8. The van der Waals surface area contributed by atoms with Gasteiger partial charge in [0.25, 0.3) is 5.91 Å². The Morgan fingerprint density at radius 3 is 2.50 bits per heavy atom. The van der Waals surface area contributed by atoms with Crippen LogP contribution in [0.5, 0.6) is 0 Å². The maximum atomic E-state index is 13.2. The monoisotopic (exact) mass is 423 g/mol. The van der Waals surface area contributed by atoms with Crippen molar-refractivity contribution in [1.29, 1.82) is 10.5 Å². The summed E-state index contributed by atoms with van der Waals surface area (Å²) in [7, 11) is 0. The molecule has 1 aromatic heterocycles. The summed E-state index contributed by atoms with van der Waals surface area (Å²) < 4.78 is 1.84. The third-order valence-electron chi connectivity index (χ3n) is 6.24. The van der Waals surface area contributed by atoms with E-state index in [9.17, 15) is 10.1 Å². The Labute approximate surface area is 188 Å². The molecular formula is C26H25N5O. The molecule has 2 heterocycles. The molecule has 0 unspecified atom stereocenters. The van der Waals surface area contributed by atoms with E-state index in [1.807, 2.05) is 27.7 Å². The summed E-state index contributed by atoms with van der Waals surface area (Å²) in [6, 6.07) is 20.3. The third kappa shape index (κ3) is 4.55. The lowest BCUT2D eigenvalue weighted by Crippen LogP contribution is -2.44. The van der Waals surface area contributed by atoms with Crippen LogP contribution in [0, 0.1) is 35.0 Å². The minimum atomic E-state index is -0.437. The number of benzene rings is 2. The van der Waals surface area contributed by atoms with Crippen molar-refractivity contribution in [3.63, 3.8) is 0 Å². The summed E-state index contributed by atoms with van der Waals surface area (Å²) in [6.45, 7) is 3.68. The van der Waals surface area contributed by atoms with E-state index in [0.717, 1.165) is 5.56 Å². The molecular weight excluding hydrogens is 398 g/mol. The van der Waals surface area contributed by atoms with Gasteiger partial charge in [-0.25, -0.2) is 4.98 Å². The molecule has 2 aromatic carbocycles. The number of aromatic nitrogens is 2. The van der Waals surface area contributed by atoms with Crippen LogP contribution in [0.1, 0.15) is 45.6 Å². The highest BCUT2D eigenvalue weighted by Crippen LogP contribution is 2.35. The summed E-state index contributed by atoms with van der Waals surface area (Å²) in [5.41, 5.74) is 4.07. The number of aryl methyl sites for hydroxylation is 1. The van der Waals surface area contributed by atoms with Crippen LogP contribution in [0.2, 0.25) is 0 Å². The molecule has 1 aliphatic rings. The molecule has 0 atom stereocenters. The number of carbonyl (C=O) groups is 1. The van der Waals surface area contributed by atoms with Gasteiger partial charge in [0, 0.05) is 19.6 Å². The molecule has 0 aliphatic carbocycles. The molecule has 6 heteroatoms. The first-order chi connectivity index (χ1) is 15.5. The van der Waals surface area contributed by atoms with Gasteiger partial charge in [0.15, 0.2) is 0 Å². The van der Waals surface area contributed by atoms with Crippen molar-refractivity contribution in [2.24, 2.45) is 5.41 Å². The zero-order chi connectivity index (χ0) is 22.6. The molecule has 0 spiro atoms. The second-order valence-corrected chi connectivity index (χ2v) is 8.57. The second kappa shape index (κ2) is 9.08. The standard InChI is InChI=1S/C26H25N5O/c1-20-3-2-4-23(13-20)14-26(18-28)9-11-30(12-10-26)25(32)24-16-29-19-31(24)17-22-7-5-21(15-27)6-8-22/h2-8,13,16,19H,9-12,14,17H2,1H3. The van der Waals surface area contributed by atoms with E-state index in [4.69, 9.17) is 5.26 Å². The van der Waals surface area contributed by atoms with Gasteiger partial charge in [0.2, 0.25) is 0 Å². The number of hydrogen-bond acceptors (Lipinski definition) is 4. The Kier molecular flexibility index (Phi) is 6.05. The first kappa shape index (κ1) is 21.3. The van der Waals surface area contributed by atoms with Gasteiger partial charge in [0.1, 0.15) is 5.69 Å². The zero-order valence-corrected chi connectivity index (χ0v) is 18.2. The molecule has 1 aliphatic heterocycles. The molecule has 1 saturated heterocycles. The SMILES string of the molecule is Cc1cccc(CC2(C#N)CCN(C(=O)c3cncn3Cc3ccc(C#N)cc3)CC2)c1. The van der Waals surface area contributed by atoms with Crippen molar-refractivity contribution in [2.75, 3.05) is 13.1 Å². The van der Waals surface area contributed by atoms with Crippen LogP contribution in [0.15, 0.2) is 61.1 Å². The quantitative estimate of drug-likeness (QED) is 0.618. The fourth-order valence-electron chi connectivity index (χ4n) is 4.35. The number of imidazole rings is 1. The van der Waals surface area contributed by atoms with Crippen molar-refractivity contribution in [3.05, 3.63) is 89.0 Å². The Morgan fingerprint density at radius 1 is 1.09 bits per heavy atom. The number of hydrogen-bond donors (Lipinski definition) is 0. The lowest BCUT2D eigenvalue weighted by Gasteiger charge is -2.37. The van der Waals surface area contributed by atoms with Gasteiger partial charge in [-0.1, -0.05) is 42.0 Å². The highest BCUT2D eigenvalue weighted by molar-refractivity contribution is 5.92. The molecule has 4 rings (SSSR count). The molecule has 32 heavy (non-hydrogen) atoms.